The van der Waals surface area contributed by atoms with Crippen molar-refractivity contribution in [3.8, 4) is 0 Å². The monoisotopic (exact) mass is 310 g/mol. The zero-order valence-electron chi connectivity index (χ0n) is 9.70. The van der Waals surface area contributed by atoms with Crippen molar-refractivity contribution in [2.45, 2.75) is 18.9 Å². The fraction of sp³-hybridized carbons (Fsp3) is 0.250. The smallest absolute Gasteiger partial charge is 0.303 e. The van der Waals surface area contributed by atoms with Crippen molar-refractivity contribution in [1.82, 2.24) is 9.97 Å². The summed E-state index contributed by atoms with van der Waals surface area (Å²) in [7, 11) is 0. The first-order valence-corrected chi connectivity index (χ1v) is 6.43. The Balaban J connectivity index is 2.43. The van der Waals surface area contributed by atoms with Crippen LogP contribution in [-0.4, -0.2) is 15.9 Å². The second kappa shape index (κ2) is 5.30. The maximum absolute atomic E-state index is 11.9. The van der Waals surface area contributed by atoms with E-state index in [1.54, 1.807) is 12.1 Å². The van der Waals surface area contributed by atoms with Crippen LogP contribution in [0.25, 0.3) is 10.9 Å². The lowest BCUT2D eigenvalue weighted by Crippen LogP contribution is -2.13. The molecule has 0 spiro atoms. The molecular formula is C12H11BrN2O3. The molecule has 18 heavy (non-hydrogen) atoms. The summed E-state index contributed by atoms with van der Waals surface area (Å²) in [6, 6.07) is 5.45. The van der Waals surface area contributed by atoms with Crippen LogP contribution in [0, 0.1) is 0 Å². The average Bonchev–Trinajstić information content (AvgIpc) is 2.36. The van der Waals surface area contributed by atoms with E-state index in [1.807, 2.05) is 6.07 Å². The van der Waals surface area contributed by atoms with Gasteiger partial charge < -0.3 is 9.72 Å². The van der Waals surface area contributed by atoms with E-state index in [4.69, 9.17) is 4.74 Å². The predicted octanol–water partition coefficient (Wildman–Crippen LogP) is 1.88. The first-order valence-electron chi connectivity index (χ1n) is 5.31. The average molecular weight is 311 g/mol. The number of halogens is 1. The van der Waals surface area contributed by atoms with Gasteiger partial charge in [-0.15, -0.1) is 0 Å². The van der Waals surface area contributed by atoms with E-state index in [9.17, 15) is 9.59 Å². The summed E-state index contributed by atoms with van der Waals surface area (Å²) in [6.45, 7) is 1.28. The molecule has 0 aliphatic heterocycles. The van der Waals surface area contributed by atoms with E-state index in [-0.39, 0.29) is 12.2 Å². The minimum absolute atomic E-state index is 0.0271. The normalized spacial score (nSPS) is 10.6. The van der Waals surface area contributed by atoms with E-state index in [0.29, 0.717) is 22.1 Å². The van der Waals surface area contributed by atoms with Crippen molar-refractivity contribution in [3.63, 3.8) is 0 Å². The molecule has 0 aliphatic carbocycles. The number of carbonyl (C=O) groups is 1. The zero-order valence-corrected chi connectivity index (χ0v) is 11.3. The molecule has 0 fully saturated rings. The number of hydrogen-bond donors (Lipinski definition) is 1. The summed E-state index contributed by atoms with van der Waals surface area (Å²) in [5.74, 6) is -0.0679. The van der Waals surface area contributed by atoms with Crippen molar-refractivity contribution >= 4 is 32.8 Å². The van der Waals surface area contributed by atoms with Gasteiger partial charge in [0.15, 0.2) is 0 Å². The summed E-state index contributed by atoms with van der Waals surface area (Å²) < 4.78 is 4.80. The Hall–Kier alpha value is -1.69. The Morgan fingerprint density at radius 3 is 2.94 bits per heavy atom. The highest BCUT2D eigenvalue weighted by atomic mass is 79.9. The highest BCUT2D eigenvalue weighted by Crippen LogP contribution is 2.12. The summed E-state index contributed by atoms with van der Waals surface area (Å²) in [6.07, 6.45) is 0. The van der Waals surface area contributed by atoms with Crippen LogP contribution in [-0.2, 0) is 21.5 Å². The topological polar surface area (TPSA) is 72.0 Å². The van der Waals surface area contributed by atoms with Crippen molar-refractivity contribution < 1.29 is 9.53 Å². The van der Waals surface area contributed by atoms with E-state index in [2.05, 4.69) is 25.9 Å². The fourth-order valence-corrected chi connectivity index (χ4v) is 1.90. The van der Waals surface area contributed by atoms with Gasteiger partial charge in [0.2, 0.25) is 0 Å². The van der Waals surface area contributed by atoms with E-state index in [1.165, 1.54) is 6.92 Å². The summed E-state index contributed by atoms with van der Waals surface area (Å²) in [5, 5.41) is 1.20. The van der Waals surface area contributed by atoms with Crippen molar-refractivity contribution in [1.29, 1.82) is 0 Å². The Kier molecular flexibility index (Phi) is 3.76. The van der Waals surface area contributed by atoms with Crippen molar-refractivity contribution in [2.75, 3.05) is 0 Å². The predicted molar refractivity (Wildman–Crippen MR) is 70.5 cm³/mol. The molecule has 0 radical (unpaired) electrons. The number of benzene rings is 1. The van der Waals surface area contributed by atoms with Crippen LogP contribution in [0.3, 0.4) is 0 Å². The highest BCUT2D eigenvalue weighted by molar-refractivity contribution is 9.08. The van der Waals surface area contributed by atoms with E-state index in [0.717, 1.165) is 5.56 Å². The lowest BCUT2D eigenvalue weighted by Gasteiger charge is -2.04. The van der Waals surface area contributed by atoms with Gasteiger partial charge >= 0.3 is 5.97 Å². The highest BCUT2D eigenvalue weighted by Gasteiger charge is 2.05. The van der Waals surface area contributed by atoms with Crippen LogP contribution in [0.5, 0.6) is 0 Å². The molecule has 94 valence electrons. The number of nitrogens with zero attached hydrogens (tertiary/aromatic N) is 1. The van der Waals surface area contributed by atoms with Crippen LogP contribution in [0.2, 0.25) is 0 Å². The molecule has 5 nitrogen and oxygen atoms in total. The van der Waals surface area contributed by atoms with Crippen molar-refractivity contribution in [3.05, 3.63) is 39.9 Å². The molecular weight excluding hydrogens is 300 g/mol. The largest absolute Gasteiger partial charge is 0.458 e. The Bertz CT molecular complexity index is 651. The van der Waals surface area contributed by atoms with Crippen LogP contribution in [0.15, 0.2) is 23.0 Å². The van der Waals surface area contributed by atoms with E-state index < -0.39 is 5.97 Å². The van der Waals surface area contributed by atoms with Gasteiger partial charge in [0.05, 0.1) is 10.9 Å². The third-order valence-corrected chi connectivity index (χ3v) is 3.03. The SMILES string of the molecule is CC(=O)OCc1nc2ccc(CBr)cc2c(=O)[nH]1. The Morgan fingerprint density at radius 2 is 2.28 bits per heavy atom. The van der Waals surface area contributed by atoms with Crippen LogP contribution >= 0.6 is 15.9 Å². The van der Waals surface area contributed by atoms with Crippen LogP contribution < -0.4 is 5.56 Å². The van der Waals surface area contributed by atoms with Gasteiger partial charge in [0.25, 0.3) is 5.56 Å². The lowest BCUT2D eigenvalue weighted by molar-refractivity contribution is -0.142. The minimum Gasteiger partial charge on any atom is -0.458 e. The summed E-state index contributed by atoms with van der Waals surface area (Å²) in [4.78, 5) is 29.4. The number of nitrogens with one attached hydrogen (secondary N) is 1. The third-order valence-electron chi connectivity index (χ3n) is 2.39. The van der Waals surface area contributed by atoms with Gasteiger partial charge in [-0.3, -0.25) is 9.59 Å². The number of esters is 1. The number of carbonyl (C=O) groups excluding carboxylic acids is 1. The molecule has 0 saturated heterocycles. The molecule has 2 aromatic rings. The number of rotatable bonds is 3. The molecule has 0 unspecified atom stereocenters. The number of alkyl halides is 1. The molecule has 1 heterocycles. The first kappa shape index (κ1) is 12.8. The maximum Gasteiger partial charge on any atom is 0.303 e. The second-order valence-corrected chi connectivity index (χ2v) is 4.34. The van der Waals surface area contributed by atoms with Gasteiger partial charge in [-0.1, -0.05) is 22.0 Å². The summed E-state index contributed by atoms with van der Waals surface area (Å²) >= 11 is 3.33. The molecule has 6 heteroatoms. The second-order valence-electron chi connectivity index (χ2n) is 3.78. The van der Waals surface area contributed by atoms with Gasteiger partial charge in [-0.05, 0) is 17.7 Å². The molecule has 0 atom stereocenters. The quantitative estimate of drug-likeness (QED) is 0.694. The van der Waals surface area contributed by atoms with Crippen LogP contribution in [0.4, 0.5) is 0 Å². The number of aromatic nitrogens is 2. The number of hydrogen-bond acceptors (Lipinski definition) is 4. The molecule has 0 saturated carbocycles. The van der Waals surface area contributed by atoms with Gasteiger partial charge in [-0.2, -0.15) is 0 Å². The molecule has 1 N–H and O–H groups in total. The number of ether oxygens (including phenoxy) is 1. The van der Waals surface area contributed by atoms with Gasteiger partial charge in [0, 0.05) is 12.3 Å². The van der Waals surface area contributed by atoms with Crippen LogP contribution in [0.1, 0.15) is 18.3 Å². The fourth-order valence-electron chi connectivity index (χ4n) is 1.56. The Morgan fingerprint density at radius 1 is 1.50 bits per heavy atom. The van der Waals surface area contributed by atoms with E-state index >= 15 is 0 Å². The molecule has 1 aromatic carbocycles. The molecule has 1 aromatic heterocycles. The number of H-pyrrole nitrogens is 1. The molecule has 0 amide bonds. The first-order chi connectivity index (χ1) is 8.60. The van der Waals surface area contributed by atoms with Gasteiger partial charge in [-0.25, -0.2) is 4.98 Å². The zero-order chi connectivity index (χ0) is 13.1. The Labute approximate surface area is 111 Å². The molecule has 2 rings (SSSR count). The van der Waals surface area contributed by atoms with Gasteiger partial charge in [0.1, 0.15) is 12.4 Å². The molecule has 0 bridgehead atoms. The number of aromatic amines is 1. The number of fused-ring (bicyclic) bond motifs is 1. The maximum atomic E-state index is 11.9. The molecule has 0 aliphatic rings. The standard InChI is InChI=1S/C12H11BrN2O3/c1-7(16)18-6-11-14-10-3-2-8(5-13)4-9(10)12(17)15-11/h2-4H,5-6H2,1H3,(H,14,15,17). The lowest BCUT2D eigenvalue weighted by atomic mass is 10.2. The van der Waals surface area contributed by atoms with Crippen molar-refractivity contribution in [2.24, 2.45) is 0 Å². The summed E-state index contributed by atoms with van der Waals surface area (Å²) in [5.41, 5.74) is 1.36. The minimum atomic E-state index is -0.410. The third kappa shape index (κ3) is 2.76.